The number of thioether (sulfide) groups is 1. The fraction of sp³-hybridized carbons (Fsp3) is 0.250. The van der Waals surface area contributed by atoms with Gasteiger partial charge in [-0.05, 0) is 65.4 Å². The van der Waals surface area contributed by atoms with Crippen LogP contribution in [-0.2, 0) is 21.8 Å². The molecule has 0 bridgehead atoms. The van der Waals surface area contributed by atoms with E-state index < -0.39 is 17.7 Å². The number of nitrogens with zero attached hydrogens (tertiary/aromatic N) is 3. The van der Waals surface area contributed by atoms with Gasteiger partial charge in [0.05, 0.1) is 11.6 Å². The number of hydrogen-bond acceptors (Lipinski definition) is 8. The van der Waals surface area contributed by atoms with E-state index in [1.807, 2.05) is 61.5 Å². The van der Waals surface area contributed by atoms with Crippen LogP contribution < -0.4 is 9.64 Å². The average molecular weight is 618 g/mol. The number of aliphatic hydroxyl groups excluding tert-OH is 1. The Labute approximate surface area is 257 Å². The largest absolute Gasteiger partial charge is 0.507 e. The molecule has 1 fully saturated rings. The standard InChI is InChI=1S/C32H28ClN3O4S2/c1-17(2)20-6-8-21(9-7-20)27-26(28(37)22-10-13-25-23(15-22)14-18(3)40-25)29(38)30(39)36(27)31-34-35-32(42-31)41-16-19-4-11-24(33)12-5-19/h4-13,15,17-18,27,37H,14,16H2,1-3H3/t18-,27+/m1/s1. The number of rotatable bonds is 7. The maximum absolute atomic E-state index is 13.6. The van der Waals surface area contributed by atoms with Crippen LogP contribution >= 0.6 is 34.7 Å². The number of anilines is 1. The lowest BCUT2D eigenvalue weighted by molar-refractivity contribution is -0.132. The minimum absolute atomic E-state index is 0.0229. The summed E-state index contributed by atoms with van der Waals surface area (Å²) in [6.07, 6.45) is 0.734. The molecule has 42 heavy (non-hydrogen) atoms. The van der Waals surface area contributed by atoms with Gasteiger partial charge in [0.2, 0.25) is 5.13 Å². The van der Waals surface area contributed by atoms with E-state index in [2.05, 4.69) is 24.0 Å². The molecule has 1 N–H and O–H groups in total. The summed E-state index contributed by atoms with van der Waals surface area (Å²) in [7, 11) is 0. The second-order valence-electron chi connectivity index (χ2n) is 10.7. The van der Waals surface area contributed by atoms with Crippen molar-refractivity contribution in [1.29, 1.82) is 0 Å². The summed E-state index contributed by atoms with van der Waals surface area (Å²) in [6, 6.07) is 19.8. The highest BCUT2D eigenvalue weighted by molar-refractivity contribution is 8.00. The summed E-state index contributed by atoms with van der Waals surface area (Å²) in [5, 5.41) is 21.1. The molecule has 1 aromatic heterocycles. The lowest BCUT2D eigenvalue weighted by atomic mass is 9.93. The number of aromatic nitrogens is 2. The van der Waals surface area contributed by atoms with Crippen LogP contribution in [0.5, 0.6) is 5.75 Å². The monoisotopic (exact) mass is 617 g/mol. The van der Waals surface area contributed by atoms with Crippen LogP contribution in [0.25, 0.3) is 5.76 Å². The van der Waals surface area contributed by atoms with Crippen molar-refractivity contribution >= 4 is 57.3 Å². The number of carbonyl (C=O) groups excluding carboxylic acids is 2. The first-order valence-electron chi connectivity index (χ1n) is 13.6. The summed E-state index contributed by atoms with van der Waals surface area (Å²) in [5.74, 6) is -0.0227. The Morgan fingerprint density at radius 3 is 2.55 bits per heavy atom. The lowest BCUT2D eigenvalue weighted by Gasteiger charge is -2.23. The molecule has 0 saturated carbocycles. The molecule has 0 aliphatic carbocycles. The quantitative estimate of drug-likeness (QED) is 0.0752. The molecular formula is C32H28ClN3O4S2. The molecule has 2 aliphatic heterocycles. The van der Waals surface area contributed by atoms with Gasteiger partial charge in [-0.2, -0.15) is 0 Å². The number of Topliss-reactive ketones (excluding diaryl/α,β-unsaturated/α-hetero) is 1. The number of carbonyl (C=O) groups is 2. The van der Waals surface area contributed by atoms with Crippen LogP contribution in [0.2, 0.25) is 5.02 Å². The number of fused-ring (bicyclic) bond motifs is 1. The van der Waals surface area contributed by atoms with Gasteiger partial charge in [0.1, 0.15) is 17.6 Å². The highest BCUT2D eigenvalue weighted by atomic mass is 35.5. The normalized spacial score (nSPS) is 19.4. The van der Waals surface area contributed by atoms with Crippen molar-refractivity contribution in [2.75, 3.05) is 4.90 Å². The molecule has 10 heteroatoms. The van der Waals surface area contributed by atoms with Gasteiger partial charge in [-0.15, -0.1) is 10.2 Å². The predicted molar refractivity (Wildman–Crippen MR) is 166 cm³/mol. The third kappa shape index (κ3) is 5.44. The Kier molecular flexibility index (Phi) is 7.83. The molecule has 1 saturated heterocycles. The molecule has 3 aromatic carbocycles. The van der Waals surface area contributed by atoms with Crippen LogP contribution in [0.1, 0.15) is 60.5 Å². The Morgan fingerprint density at radius 1 is 1.10 bits per heavy atom. The van der Waals surface area contributed by atoms with E-state index in [1.54, 1.807) is 12.1 Å². The molecule has 6 rings (SSSR count). The van der Waals surface area contributed by atoms with Gasteiger partial charge in [0, 0.05) is 22.8 Å². The number of halogens is 1. The zero-order valence-electron chi connectivity index (χ0n) is 23.2. The molecule has 0 radical (unpaired) electrons. The zero-order valence-corrected chi connectivity index (χ0v) is 25.6. The molecule has 2 aliphatic rings. The number of ketones is 1. The molecule has 4 aromatic rings. The number of benzene rings is 3. The predicted octanol–water partition coefficient (Wildman–Crippen LogP) is 7.56. The van der Waals surface area contributed by atoms with Gasteiger partial charge in [-0.3, -0.25) is 14.5 Å². The molecule has 3 heterocycles. The molecule has 7 nitrogen and oxygen atoms in total. The van der Waals surface area contributed by atoms with E-state index in [4.69, 9.17) is 16.3 Å². The Bertz CT molecular complexity index is 1700. The van der Waals surface area contributed by atoms with Gasteiger partial charge in [0.25, 0.3) is 5.78 Å². The first-order chi connectivity index (χ1) is 20.2. The van der Waals surface area contributed by atoms with Crippen LogP contribution in [0.15, 0.2) is 76.6 Å². The smallest absolute Gasteiger partial charge is 0.301 e. The summed E-state index contributed by atoms with van der Waals surface area (Å²) >= 11 is 8.72. The maximum Gasteiger partial charge on any atom is 0.301 e. The van der Waals surface area contributed by atoms with Crippen molar-refractivity contribution < 1.29 is 19.4 Å². The molecule has 1 amide bonds. The summed E-state index contributed by atoms with van der Waals surface area (Å²) in [4.78, 5) is 28.6. The van der Waals surface area contributed by atoms with Crippen LogP contribution in [-0.4, -0.2) is 33.1 Å². The topological polar surface area (TPSA) is 92.6 Å². The van der Waals surface area contributed by atoms with E-state index in [0.29, 0.717) is 43.7 Å². The molecule has 0 unspecified atom stereocenters. The Hall–Kier alpha value is -3.66. The fourth-order valence-corrected chi connectivity index (χ4v) is 7.17. The third-order valence-electron chi connectivity index (χ3n) is 7.41. The summed E-state index contributed by atoms with van der Waals surface area (Å²) < 4.78 is 6.46. The first-order valence-corrected chi connectivity index (χ1v) is 15.8. The third-order valence-corrected chi connectivity index (χ3v) is 9.79. The van der Waals surface area contributed by atoms with E-state index >= 15 is 0 Å². The van der Waals surface area contributed by atoms with E-state index in [0.717, 1.165) is 22.4 Å². The SMILES string of the molecule is CC(C)c1ccc([C@H]2C(=C(O)c3ccc4c(c3)C[C@@H](C)O4)C(=O)C(=O)N2c2nnc(SCc3ccc(Cl)cc3)s2)cc1. The Morgan fingerprint density at radius 2 is 1.83 bits per heavy atom. The van der Waals surface area contributed by atoms with E-state index in [1.165, 1.54) is 28.0 Å². The molecule has 2 atom stereocenters. The second-order valence-corrected chi connectivity index (χ2v) is 13.3. The highest BCUT2D eigenvalue weighted by Crippen LogP contribution is 2.45. The van der Waals surface area contributed by atoms with Crippen molar-refractivity contribution in [3.63, 3.8) is 0 Å². The average Bonchev–Trinajstić information content (AvgIpc) is 3.67. The van der Waals surface area contributed by atoms with Crippen LogP contribution in [0.3, 0.4) is 0 Å². The van der Waals surface area contributed by atoms with Gasteiger partial charge in [-0.25, -0.2) is 0 Å². The molecule has 0 spiro atoms. The van der Waals surface area contributed by atoms with Crippen molar-refractivity contribution in [2.45, 2.75) is 55.3 Å². The lowest BCUT2D eigenvalue weighted by Crippen LogP contribution is -2.29. The van der Waals surface area contributed by atoms with Crippen molar-refractivity contribution in [1.82, 2.24) is 10.2 Å². The van der Waals surface area contributed by atoms with Gasteiger partial charge in [0.15, 0.2) is 4.34 Å². The fourth-order valence-electron chi connectivity index (χ4n) is 5.22. The van der Waals surface area contributed by atoms with Gasteiger partial charge >= 0.3 is 5.91 Å². The molecule has 214 valence electrons. The van der Waals surface area contributed by atoms with Crippen molar-refractivity contribution in [3.8, 4) is 5.75 Å². The minimum Gasteiger partial charge on any atom is -0.507 e. The number of aliphatic hydroxyl groups is 1. The first kappa shape index (κ1) is 28.5. The summed E-state index contributed by atoms with van der Waals surface area (Å²) in [6.45, 7) is 6.18. The number of amides is 1. The Balaban J connectivity index is 1.39. The van der Waals surface area contributed by atoms with Crippen molar-refractivity contribution in [2.24, 2.45) is 0 Å². The van der Waals surface area contributed by atoms with Crippen LogP contribution in [0.4, 0.5) is 5.13 Å². The van der Waals surface area contributed by atoms with E-state index in [9.17, 15) is 14.7 Å². The van der Waals surface area contributed by atoms with Crippen LogP contribution in [0, 0.1) is 0 Å². The van der Waals surface area contributed by atoms with Gasteiger partial charge in [-0.1, -0.05) is 84.9 Å². The summed E-state index contributed by atoms with van der Waals surface area (Å²) in [5.41, 5.74) is 4.33. The minimum atomic E-state index is -0.864. The molecular weight excluding hydrogens is 590 g/mol. The highest BCUT2D eigenvalue weighted by Gasteiger charge is 2.48. The zero-order chi connectivity index (χ0) is 29.5. The number of hydrogen-bond donors (Lipinski definition) is 1. The second kappa shape index (κ2) is 11.6. The van der Waals surface area contributed by atoms with E-state index in [-0.39, 0.29) is 17.4 Å². The maximum atomic E-state index is 13.6. The van der Waals surface area contributed by atoms with Gasteiger partial charge < -0.3 is 9.84 Å². The number of ether oxygens (including phenoxy) is 1. The van der Waals surface area contributed by atoms with Crippen molar-refractivity contribution in [3.05, 3.63) is 105 Å².